The van der Waals surface area contributed by atoms with E-state index in [1.54, 1.807) is 31.2 Å². The third-order valence-electron chi connectivity index (χ3n) is 6.18. The molecule has 10 heteroatoms. The molecule has 0 saturated carbocycles. The van der Waals surface area contributed by atoms with Crippen LogP contribution in [0.2, 0.25) is 5.02 Å². The molecule has 40 heavy (non-hydrogen) atoms. The molecule has 0 saturated heterocycles. The van der Waals surface area contributed by atoms with Crippen LogP contribution in [-0.2, 0) is 26.0 Å². The fourth-order valence-corrected chi connectivity index (χ4v) is 5.78. The molecule has 1 atom stereocenters. The van der Waals surface area contributed by atoms with E-state index in [1.807, 2.05) is 51.1 Å². The third-order valence-corrected chi connectivity index (χ3v) is 8.27. The quantitative estimate of drug-likeness (QED) is 0.345. The Bertz CT molecular complexity index is 1410. The summed E-state index contributed by atoms with van der Waals surface area (Å²) in [6.45, 7) is 6.89. The Morgan fingerprint density at radius 3 is 2.12 bits per heavy atom. The molecule has 0 bridgehead atoms. The molecule has 3 aromatic rings. The standard InChI is InChI=1S/C30H36ClN3O5S/c1-22(29(36)32-30(2,3)4)33(19-18-23-12-8-6-9-13-23)28(35)21-34(24-16-17-27(39-5)26(31)20-24)40(37,38)25-14-10-7-11-15-25/h6-17,20,22H,18-19,21H2,1-5H3,(H,32,36). The molecular formula is C30H36ClN3O5S. The molecule has 0 aliphatic rings. The predicted molar refractivity (Wildman–Crippen MR) is 158 cm³/mol. The minimum absolute atomic E-state index is 0.0177. The van der Waals surface area contributed by atoms with Crippen LogP contribution >= 0.6 is 11.6 Å². The van der Waals surface area contributed by atoms with Crippen LogP contribution in [0, 0.1) is 0 Å². The van der Waals surface area contributed by atoms with Crippen molar-refractivity contribution in [1.29, 1.82) is 0 Å². The number of nitrogens with zero attached hydrogens (tertiary/aromatic N) is 2. The molecule has 0 aromatic heterocycles. The van der Waals surface area contributed by atoms with E-state index in [0.717, 1.165) is 9.87 Å². The second kappa shape index (κ2) is 13.2. The van der Waals surface area contributed by atoms with Crippen molar-refractivity contribution in [3.8, 4) is 5.75 Å². The molecule has 0 fully saturated rings. The summed E-state index contributed by atoms with van der Waals surface area (Å²) in [5.41, 5.74) is 0.666. The number of benzene rings is 3. The van der Waals surface area contributed by atoms with E-state index in [0.29, 0.717) is 12.2 Å². The van der Waals surface area contributed by atoms with E-state index in [2.05, 4.69) is 5.32 Å². The van der Waals surface area contributed by atoms with Gasteiger partial charge in [-0.05, 0) is 70.0 Å². The molecule has 0 heterocycles. The van der Waals surface area contributed by atoms with Crippen LogP contribution in [-0.4, -0.2) is 56.9 Å². The zero-order chi connectivity index (χ0) is 29.5. The summed E-state index contributed by atoms with van der Waals surface area (Å²) in [6, 6.07) is 21.1. The molecule has 2 amide bonds. The normalized spacial score (nSPS) is 12.3. The Labute approximate surface area is 241 Å². The number of anilines is 1. The van der Waals surface area contributed by atoms with Gasteiger partial charge in [0.2, 0.25) is 11.8 Å². The molecule has 214 valence electrons. The zero-order valence-corrected chi connectivity index (χ0v) is 25.0. The number of rotatable bonds is 11. The number of amides is 2. The van der Waals surface area contributed by atoms with Crippen molar-refractivity contribution in [2.45, 2.75) is 50.6 Å². The number of hydrogen-bond acceptors (Lipinski definition) is 5. The lowest BCUT2D eigenvalue weighted by Gasteiger charge is -2.33. The van der Waals surface area contributed by atoms with Crippen LogP contribution in [0.25, 0.3) is 0 Å². The fraction of sp³-hybridized carbons (Fsp3) is 0.333. The summed E-state index contributed by atoms with van der Waals surface area (Å²) in [4.78, 5) is 28.5. The Kier molecular flexibility index (Phi) is 10.2. The first-order valence-electron chi connectivity index (χ1n) is 12.9. The van der Waals surface area contributed by atoms with E-state index >= 15 is 0 Å². The topological polar surface area (TPSA) is 96.0 Å². The van der Waals surface area contributed by atoms with Gasteiger partial charge in [0.25, 0.3) is 10.0 Å². The van der Waals surface area contributed by atoms with E-state index in [-0.39, 0.29) is 28.1 Å². The molecule has 1 unspecified atom stereocenters. The van der Waals surface area contributed by atoms with Gasteiger partial charge in [-0.15, -0.1) is 0 Å². The molecular weight excluding hydrogens is 550 g/mol. The number of halogens is 1. The van der Waals surface area contributed by atoms with Crippen molar-refractivity contribution < 1.29 is 22.7 Å². The number of sulfonamides is 1. The van der Waals surface area contributed by atoms with Crippen LogP contribution in [0.1, 0.15) is 33.3 Å². The van der Waals surface area contributed by atoms with E-state index in [1.165, 1.54) is 36.3 Å². The van der Waals surface area contributed by atoms with Gasteiger partial charge in [-0.3, -0.25) is 13.9 Å². The second-order valence-corrected chi connectivity index (χ2v) is 12.7. The highest BCUT2D eigenvalue weighted by atomic mass is 35.5. The molecule has 0 spiro atoms. The van der Waals surface area contributed by atoms with E-state index in [9.17, 15) is 18.0 Å². The molecule has 3 rings (SSSR count). The van der Waals surface area contributed by atoms with Crippen molar-refractivity contribution in [2.75, 3.05) is 24.5 Å². The van der Waals surface area contributed by atoms with Crippen molar-refractivity contribution in [3.63, 3.8) is 0 Å². The van der Waals surface area contributed by atoms with Crippen molar-refractivity contribution in [1.82, 2.24) is 10.2 Å². The molecule has 0 radical (unpaired) electrons. The summed E-state index contributed by atoms with van der Waals surface area (Å²) in [5.74, 6) is -0.497. The molecule has 1 N–H and O–H groups in total. The van der Waals surface area contributed by atoms with Crippen LogP contribution in [0.5, 0.6) is 5.75 Å². The number of hydrogen-bond donors (Lipinski definition) is 1. The summed E-state index contributed by atoms with van der Waals surface area (Å²) in [6.07, 6.45) is 0.486. The summed E-state index contributed by atoms with van der Waals surface area (Å²) in [5, 5.41) is 3.11. The van der Waals surface area contributed by atoms with Gasteiger partial charge in [-0.2, -0.15) is 0 Å². The van der Waals surface area contributed by atoms with Crippen LogP contribution in [0.3, 0.4) is 0 Å². The Morgan fingerprint density at radius 1 is 0.975 bits per heavy atom. The molecule has 0 aliphatic carbocycles. The van der Waals surface area contributed by atoms with E-state index < -0.39 is 34.1 Å². The Morgan fingerprint density at radius 2 is 1.57 bits per heavy atom. The smallest absolute Gasteiger partial charge is 0.264 e. The molecule has 0 aliphatic heterocycles. The first-order valence-corrected chi connectivity index (χ1v) is 14.7. The van der Waals surface area contributed by atoms with Crippen LogP contribution in [0.4, 0.5) is 5.69 Å². The van der Waals surface area contributed by atoms with Gasteiger partial charge < -0.3 is 15.0 Å². The molecule has 8 nitrogen and oxygen atoms in total. The summed E-state index contributed by atoms with van der Waals surface area (Å²) < 4.78 is 33.9. The van der Waals surface area contributed by atoms with Crippen molar-refractivity contribution >= 4 is 39.1 Å². The van der Waals surface area contributed by atoms with Gasteiger partial charge in [0.15, 0.2) is 0 Å². The van der Waals surface area contributed by atoms with Gasteiger partial charge in [0.1, 0.15) is 18.3 Å². The number of nitrogens with one attached hydrogen (secondary N) is 1. The van der Waals surface area contributed by atoms with Crippen LogP contribution < -0.4 is 14.4 Å². The number of carbonyl (C=O) groups excluding carboxylic acids is 2. The second-order valence-electron chi connectivity index (χ2n) is 10.4. The van der Waals surface area contributed by atoms with Crippen LogP contribution in [0.15, 0.2) is 83.8 Å². The maximum Gasteiger partial charge on any atom is 0.264 e. The van der Waals surface area contributed by atoms with Crippen molar-refractivity contribution in [3.05, 3.63) is 89.4 Å². The zero-order valence-electron chi connectivity index (χ0n) is 23.4. The molecule has 3 aromatic carbocycles. The lowest BCUT2D eigenvalue weighted by molar-refractivity contribution is -0.139. The number of methoxy groups -OCH3 is 1. The number of carbonyl (C=O) groups is 2. The van der Waals surface area contributed by atoms with Crippen molar-refractivity contribution in [2.24, 2.45) is 0 Å². The van der Waals surface area contributed by atoms with Gasteiger partial charge in [0.05, 0.1) is 22.7 Å². The summed E-state index contributed by atoms with van der Waals surface area (Å²) >= 11 is 6.35. The SMILES string of the molecule is COc1ccc(N(CC(=O)N(CCc2ccccc2)C(C)C(=O)NC(C)(C)C)S(=O)(=O)c2ccccc2)cc1Cl. The number of ether oxygens (including phenoxy) is 1. The highest BCUT2D eigenvalue weighted by Crippen LogP contribution is 2.32. The maximum absolute atomic E-state index is 13.9. The first kappa shape index (κ1) is 31.0. The maximum atomic E-state index is 13.9. The highest BCUT2D eigenvalue weighted by molar-refractivity contribution is 7.92. The average molecular weight is 586 g/mol. The average Bonchev–Trinajstić information content (AvgIpc) is 2.91. The predicted octanol–water partition coefficient (Wildman–Crippen LogP) is 4.92. The lowest BCUT2D eigenvalue weighted by atomic mass is 10.1. The summed E-state index contributed by atoms with van der Waals surface area (Å²) in [7, 11) is -2.72. The lowest BCUT2D eigenvalue weighted by Crippen LogP contribution is -2.55. The minimum atomic E-state index is -4.18. The monoisotopic (exact) mass is 585 g/mol. The van der Waals surface area contributed by atoms with E-state index in [4.69, 9.17) is 16.3 Å². The van der Waals surface area contributed by atoms with Gasteiger partial charge in [-0.25, -0.2) is 8.42 Å². The largest absolute Gasteiger partial charge is 0.495 e. The van der Waals surface area contributed by atoms with Gasteiger partial charge >= 0.3 is 0 Å². The Hall–Kier alpha value is -3.56. The van der Waals surface area contributed by atoms with Gasteiger partial charge in [0, 0.05) is 12.1 Å². The fourth-order valence-electron chi connectivity index (χ4n) is 4.10. The first-order chi connectivity index (χ1) is 18.8. The van der Waals surface area contributed by atoms with Gasteiger partial charge in [-0.1, -0.05) is 60.1 Å². The highest BCUT2D eigenvalue weighted by Gasteiger charge is 2.33. The Balaban J connectivity index is 2.01. The minimum Gasteiger partial charge on any atom is -0.495 e. The third kappa shape index (κ3) is 7.99.